The van der Waals surface area contributed by atoms with Gasteiger partial charge in [-0.25, -0.2) is 12.8 Å². The van der Waals surface area contributed by atoms with E-state index in [1.54, 1.807) is 13.0 Å². The number of nitrogens with one attached hydrogen (secondary N) is 1. The third-order valence-electron chi connectivity index (χ3n) is 6.46. The monoisotopic (exact) mass is 559 g/mol. The molecule has 1 aromatic heterocycles. The van der Waals surface area contributed by atoms with Crippen molar-refractivity contribution in [3.8, 4) is 11.3 Å². The number of halogens is 1. The maximum absolute atomic E-state index is 13.6. The molecule has 0 spiro atoms. The topological polar surface area (TPSA) is 126 Å². The van der Waals surface area contributed by atoms with Crippen LogP contribution in [0.5, 0.6) is 0 Å². The van der Waals surface area contributed by atoms with Gasteiger partial charge < -0.3 is 19.4 Å². The van der Waals surface area contributed by atoms with Gasteiger partial charge in [0.25, 0.3) is 5.91 Å². The molecule has 2 amide bonds. The standard InChI is InChI=1S/C27H30FN3O7S/c1-5-37-24(33)15-30(3)23(32)14-31(39(4,35)36)21-13-22-20(12-19(21)16-6-7-16)25(27(34)29-2)26(38-22)17-8-10-18(28)11-9-17/h8-13,16H,5-7,14-15H2,1-4H3,(H,29,34). The van der Waals surface area contributed by atoms with E-state index in [4.69, 9.17) is 9.15 Å². The van der Waals surface area contributed by atoms with Crippen molar-refractivity contribution in [1.29, 1.82) is 0 Å². The van der Waals surface area contributed by atoms with E-state index in [2.05, 4.69) is 5.32 Å². The molecule has 12 heteroatoms. The van der Waals surface area contributed by atoms with E-state index in [0.29, 0.717) is 16.5 Å². The van der Waals surface area contributed by atoms with Gasteiger partial charge in [0, 0.05) is 31.1 Å². The number of sulfonamides is 1. The van der Waals surface area contributed by atoms with Gasteiger partial charge in [-0.05, 0) is 61.6 Å². The Morgan fingerprint density at radius 3 is 2.36 bits per heavy atom. The Hall–Kier alpha value is -3.93. The third-order valence-corrected chi connectivity index (χ3v) is 7.59. The highest BCUT2D eigenvalue weighted by Gasteiger charge is 2.34. The summed E-state index contributed by atoms with van der Waals surface area (Å²) >= 11 is 0. The summed E-state index contributed by atoms with van der Waals surface area (Å²) in [6, 6.07) is 8.73. The zero-order chi connectivity index (χ0) is 28.5. The number of carbonyl (C=O) groups excluding carboxylic acids is 3. The van der Waals surface area contributed by atoms with Crippen molar-refractivity contribution in [2.24, 2.45) is 0 Å². The van der Waals surface area contributed by atoms with Crippen molar-refractivity contribution < 1.29 is 36.3 Å². The summed E-state index contributed by atoms with van der Waals surface area (Å²) in [4.78, 5) is 38.9. The second-order valence-corrected chi connectivity index (χ2v) is 11.3. The van der Waals surface area contributed by atoms with Crippen LogP contribution in [0.4, 0.5) is 10.1 Å². The van der Waals surface area contributed by atoms with Crippen molar-refractivity contribution >= 4 is 44.5 Å². The van der Waals surface area contributed by atoms with Crippen LogP contribution in [0.25, 0.3) is 22.3 Å². The van der Waals surface area contributed by atoms with Gasteiger partial charge in [-0.15, -0.1) is 0 Å². The van der Waals surface area contributed by atoms with Gasteiger partial charge >= 0.3 is 5.97 Å². The van der Waals surface area contributed by atoms with Crippen LogP contribution in [0.1, 0.15) is 41.6 Å². The van der Waals surface area contributed by atoms with E-state index in [0.717, 1.165) is 28.3 Å². The lowest BCUT2D eigenvalue weighted by Crippen LogP contribution is -2.43. The third kappa shape index (κ3) is 6.06. The number of ether oxygens (including phenoxy) is 1. The number of fused-ring (bicyclic) bond motifs is 1. The first-order valence-corrected chi connectivity index (χ1v) is 14.2. The highest BCUT2D eigenvalue weighted by molar-refractivity contribution is 7.92. The van der Waals surface area contributed by atoms with Crippen molar-refractivity contribution in [2.45, 2.75) is 25.7 Å². The second kappa shape index (κ2) is 11.0. The smallest absolute Gasteiger partial charge is 0.325 e. The SMILES string of the molecule is CCOC(=O)CN(C)C(=O)CN(c1cc2oc(-c3ccc(F)cc3)c(C(=O)NC)c2cc1C1CC1)S(C)(=O)=O. The van der Waals surface area contributed by atoms with Gasteiger partial charge in [0.05, 0.1) is 24.1 Å². The van der Waals surface area contributed by atoms with E-state index >= 15 is 0 Å². The quantitative estimate of drug-likeness (QED) is 0.378. The van der Waals surface area contributed by atoms with Crippen LogP contribution in [-0.2, 0) is 24.3 Å². The van der Waals surface area contributed by atoms with E-state index in [1.165, 1.54) is 44.4 Å². The molecule has 1 fully saturated rings. The van der Waals surface area contributed by atoms with Gasteiger partial charge in [-0.2, -0.15) is 0 Å². The summed E-state index contributed by atoms with van der Waals surface area (Å²) in [5, 5.41) is 3.07. The number of hydrogen-bond donors (Lipinski definition) is 1. The number of esters is 1. The summed E-state index contributed by atoms with van der Waals surface area (Å²) in [7, 11) is -1.08. The highest BCUT2D eigenvalue weighted by Crippen LogP contribution is 2.48. The fourth-order valence-electron chi connectivity index (χ4n) is 4.35. The summed E-state index contributed by atoms with van der Waals surface area (Å²) in [6.45, 7) is 0.926. The maximum Gasteiger partial charge on any atom is 0.325 e. The number of furan rings is 1. The van der Waals surface area contributed by atoms with Crippen molar-refractivity contribution in [1.82, 2.24) is 10.2 Å². The molecule has 4 rings (SSSR count). The van der Waals surface area contributed by atoms with Crippen LogP contribution in [0.3, 0.4) is 0 Å². The lowest BCUT2D eigenvalue weighted by atomic mass is 10.0. The molecule has 0 aliphatic heterocycles. The van der Waals surface area contributed by atoms with E-state index in [9.17, 15) is 27.2 Å². The van der Waals surface area contributed by atoms with E-state index in [1.807, 2.05) is 0 Å². The fourth-order valence-corrected chi connectivity index (χ4v) is 5.21. The minimum Gasteiger partial charge on any atom is -0.465 e. The maximum atomic E-state index is 13.6. The number of nitrogens with zero attached hydrogens (tertiary/aromatic N) is 2. The molecule has 2 aromatic carbocycles. The average molecular weight is 560 g/mol. The number of hydrogen-bond acceptors (Lipinski definition) is 7. The van der Waals surface area contributed by atoms with Gasteiger partial charge in [-0.3, -0.25) is 18.7 Å². The Balaban J connectivity index is 1.83. The molecule has 1 aliphatic rings. The van der Waals surface area contributed by atoms with Gasteiger partial charge in [0.2, 0.25) is 15.9 Å². The van der Waals surface area contributed by atoms with Crippen molar-refractivity contribution in [3.05, 3.63) is 53.3 Å². The number of anilines is 1. The molecule has 0 atom stereocenters. The number of amides is 2. The number of rotatable bonds is 10. The summed E-state index contributed by atoms with van der Waals surface area (Å²) < 4.78 is 51.4. The number of likely N-dealkylation sites (N-methyl/N-ethyl adjacent to an activating group) is 1. The lowest BCUT2D eigenvalue weighted by molar-refractivity contribution is -0.147. The van der Waals surface area contributed by atoms with Crippen LogP contribution < -0.4 is 9.62 Å². The molecular weight excluding hydrogens is 529 g/mol. The molecule has 0 bridgehead atoms. The Bertz CT molecular complexity index is 1530. The Kier molecular flexibility index (Phi) is 7.96. The molecule has 10 nitrogen and oxygen atoms in total. The zero-order valence-electron chi connectivity index (χ0n) is 22.1. The molecule has 1 heterocycles. The predicted octanol–water partition coefficient (Wildman–Crippen LogP) is 3.26. The lowest BCUT2D eigenvalue weighted by Gasteiger charge is -2.26. The normalized spacial score (nSPS) is 13.3. The predicted molar refractivity (Wildman–Crippen MR) is 143 cm³/mol. The minimum atomic E-state index is -3.96. The Labute approximate surface area is 225 Å². The molecule has 3 aromatic rings. The molecule has 1 aliphatic carbocycles. The van der Waals surface area contributed by atoms with Crippen LogP contribution in [0.2, 0.25) is 0 Å². The van der Waals surface area contributed by atoms with Gasteiger partial charge in [-0.1, -0.05) is 0 Å². The van der Waals surface area contributed by atoms with Crippen LogP contribution in [0.15, 0.2) is 40.8 Å². The van der Waals surface area contributed by atoms with E-state index < -0.39 is 40.2 Å². The minimum absolute atomic E-state index is 0.0303. The highest BCUT2D eigenvalue weighted by atomic mass is 32.2. The Morgan fingerprint density at radius 2 is 1.79 bits per heavy atom. The van der Waals surface area contributed by atoms with Gasteiger partial charge in [0.15, 0.2) is 0 Å². The zero-order valence-corrected chi connectivity index (χ0v) is 22.9. The fraction of sp³-hybridized carbons (Fsp3) is 0.370. The first-order chi connectivity index (χ1) is 18.4. The molecule has 0 unspecified atom stereocenters. The molecular formula is C27H30FN3O7S. The van der Waals surface area contributed by atoms with Gasteiger partial charge in [0.1, 0.15) is 30.3 Å². The Morgan fingerprint density at radius 1 is 1.13 bits per heavy atom. The molecule has 1 saturated carbocycles. The summed E-state index contributed by atoms with van der Waals surface area (Å²) in [6.07, 6.45) is 2.62. The summed E-state index contributed by atoms with van der Waals surface area (Å²) in [5.41, 5.74) is 1.85. The molecule has 39 heavy (non-hydrogen) atoms. The largest absolute Gasteiger partial charge is 0.465 e. The number of benzene rings is 2. The van der Waals surface area contributed by atoms with Crippen molar-refractivity contribution in [2.75, 3.05) is 44.4 Å². The van der Waals surface area contributed by atoms with Crippen LogP contribution in [-0.4, -0.2) is 71.1 Å². The first-order valence-electron chi connectivity index (χ1n) is 12.4. The number of carbonyl (C=O) groups is 3. The molecule has 1 N–H and O–H groups in total. The van der Waals surface area contributed by atoms with Crippen LogP contribution in [0, 0.1) is 5.82 Å². The second-order valence-electron chi connectivity index (χ2n) is 9.40. The molecule has 208 valence electrons. The van der Waals surface area contributed by atoms with E-state index in [-0.39, 0.29) is 41.7 Å². The summed E-state index contributed by atoms with van der Waals surface area (Å²) in [5.74, 6) is -1.84. The average Bonchev–Trinajstić information content (AvgIpc) is 3.66. The van der Waals surface area contributed by atoms with Crippen molar-refractivity contribution in [3.63, 3.8) is 0 Å². The molecule has 0 radical (unpaired) electrons. The first kappa shape index (κ1) is 28.1. The van der Waals surface area contributed by atoms with Crippen LogP contribution >= 0.6 is 0 Å². The molecule has 0 saturated heterocycles.